The molecule has 0 atom stereocenters. The molecule has 2 aromatic rings. The SMILES string of the molecule is CN(Cc1ccco1)Cc1cncc2c1CCN(C1CCOCC1)C2.Cl.Cl.Cl. The molecular weight excluding hydrogens is 421 g/mol. The van der Waals surface area contributed by atoms with Crippen LogP contribution in [0.3, 0.4) is 0 Å². The molecule has 1 saturated heterocycles. The van der Waals surface area contributed by atoms with E-state index in [9.17, 15) is 0 Å². The van der Waals surface area contributed by atoms with E-state index in [2.05, 4.69) is 28.0 Å². The Balaban J connectivity index is 0.00000131. The van der Waals surface area contributed by atoms with Crippen molar-refractivity contribution in [1.29, 1.82) is 0 Å². The maximum absolute atomic E-state index is 5.51. The third-order valence-corrected chi connectivity index (χ3v) is 5.41. The Morgan fingerprint density at radius 3 is 2.64 bits per heavy atom. The first-order valence-electron chi connectivity index (χ1n) is 9.27. The van der Waals surface area contributed by atoms with Crippen LogP contribution in [0.25, 0.3) is 0 Å². The Hall–Kier alpha value is -0.820. The average Bonchev–Trinajstić information content (AvgIpc) is 3.15. The molecule has 28 heavy (non-hydrogen) atoms. The van der Waals surface area contributed by atoms with Crippen molar-refractivity contribution < 1.29 is 9.15 Å². The van der Waals surface area contributed by atoms with Crippen molar-refractivity contribution in [2.24, 2.45) is 0 Å². The van der Waals surface area contributed by atoms with Crippen molar-refractivity contribution in [2.45, 2.75) is 44.9 Å². The van der Waals surface area contributed by atoms with E-state index in [1.807, 2.05) is 18.3 Å². The molecule has 4 heterocycles. The van der Waals surface area contributed by atoms with Gasteiger partial charge in [-0.1, -0.05) is 0 Å². The van der Waals surface area contributed by atoms with Crippen molar-refractivity contribution in [3.8, 4) is 0 Å². The van der Waals surface area contributed by atoms with Gasteiger partial charge in [0.25, 0.3) is 0 Å². The van der Waals surface area contributed by atoms with E-state index in [1.165, 1.54) is 16.7 Å². The molecule has 5 nitrogen and oxygen atoms in total. The fourth-order valence-corrected chi connectivity index (χ4v) is 4.10. The molecule has 0 radical (unpaired) electrons. The highest BCUT2D eigenvalue weighted by Gasteiger charge is 2.26. The molecular formula is C20H30Cl3N3O2. The fraction of sp³-hybridized carbons (Fsp3) is 0.550. The molecule has 4 rings (SSSR count). The number of nitrogens with zero attached hydrogens (tertiary/aromatic N) is 3. The molecule has 8 heteroatoms. The minimum absolute atomic E-state index is 0. The van der Waals surface area contributed by atoms with Crippen LogP contribution >= 0.6 is 37.2 Å². The highest BCUT2D eigenvalue weighted by molar-refractivity contribution is 5.86. The monoisotopic (exact) mass is 449 g/mol. The molecule has 0 N–H and O–H groups in total. The molecule has 0 spiro atoms. The Morgan fingerprint density at radius 1 is 1.14 bits per heavy atom. The second-order valence-corrected chi connectivity index (χ2v) is 7.25. The Bertz CT molecular complexity index is 694. The summed E-state index contributed by atoms with van der Waals surface area (Å²) < 4.78 is 11.0. The number of aromatic nitrogens is 1. The molecule has 0 amide bonds. The third-order valence-electron chi connectivity index (χ3n) is 5.41. The van der Waals surface area contributed by atoms with Crippen molar-refractivity contribution in [2.75, 3.05) is 26.8 Å². The van der Waals surface area contributed by atoms with Gasteiger partial charge in [-0.2, -0.15) is 0 Å². The van der Waals surface area contributed by atoms with E-state index in [1.54, 1.807) is 6.26 Å². The summed E-state index contributed by atoms with van der Waals surface area (Å²) in [6.45, 7) is 5.73. The zero-order valence-corrected chi connectivity index (χ0v) is 18.7. The molecule has 0 aliphatic carbocycles. The predicted octanol–water partition coefficient (Wildman–Crippen LogP) is 4.11. The van der Waals surface area contributed by atoms with Crippen LogP contribution in [-0.4, -0.2) is 47.6 Å². The third kappa shape index (κ3) is 6.09. The quantitative estimate of drug-likeness (QED) is 0.686. The zero-order valence-electron chi connectivity index (χ0n) is 16.2. The van der Waals surface area contributed by atoms with Crippen LogP contribution in [-0.2, 0) is 30.8 Å². The summed E-state index contributed by atoms with van der Waals surface area (Å²) in [5, 5.41) is 0. The first-order chi connectivity index (χ1) is 12.3. The topological polar surface area (TPSA) is 41.7 Å². The summed E-state index contributed by atoms with van der Waals surface area (Å²) >= 11 is 0. The Morgan fingerprint density at radius 2 is 1.93 bits per heavy atom. The molecule has 0 bridgehead atoms. The molecule has 0 saturated carbocycles. The number of rotatable bonds is 5. The van der Waals surface area contributed by atoms with Crippen LogP contribution < -0.4 is 0 Å². The lowest BCUT2D eigenvalue weighted by Gasteiger charge is -2.38. The van der Waals surface area contributed by atoms with E-state index in [-0.39, 0.29) is 37.2 Å². The van der Waals surface area contributed by atoms with Crippen LogP contribution in [0, 0.1) is 0 Å². The van der Waals surface area contributed by atoms with Crippen molar-refractivity contribution in [3.05, 3.63) is 53.2 Å². The van der Waals surface area contributed by atoms with Gasteiger partial charge in [0.1, 0.15) is 5.76 Å². The van der Waals surface area contributed by atoms with Gasteiger partial charge in [0.05, 0.1) is 12.8 Å². The molecule has 1 fully saturated rings. The normalized spacial score (nSPS) is 17.2. The average molecular weight is 451 g/mol. The van der Waals surface area contributed by atoms with Gasteiger partial charge in [0.15, 0.2) is 0 Å². The summed E-state index contributed by atoms with van der Waals surface area (Å²) in [6.07, 6.45) is 9.29. The van der Waals surface area contributed by atoms with Gasteiger partial charge in [0.2, 0.25) is 0 Å². The minimum atomic E-state index is 0. The lowest BCUT2D eigenvalue weighted by molar-refractivity contribution is 0.0289. The van der Waals surface area contributed by atoms with Crippen LogP contribution in [0.2, 0.25) is 0 Å². The lowest BCUT2D eigenvalue weighted by Crippen LogP contribution is -2.42. The van der Waals surface area contributed by atoms with Crippen LogP contribution in [0.15, 0.2) is 35.2 Å². The second-order valence-electron chi connectivity index (χ2n) is 7.25. The number of hydrogen-bond acceptors (Lipinski definition) is 5. The van der Waals surface area contributed by atoms with Gasteiger partial charge in [0, 0.05) is 51.3 Å². The smallest absolute Gasteiger partial charge is 0.117 e. The highest BCUT2D eigenvalue weighted by atomic mass is 35.5. The van der Waals surface area contributed by atoms with Gasteiger partial charge < -0.3 is 9.15 Å². The van der Waals surface area contributed by atoms with Gasteiger partial charge in [-0.25, -0.2) is 0 Å². The first kappa shape index (κ1) is 25.2. The Kier molecular flexibility index (Phi) is 10.8. The number of fused-ring (bicyclic) bond motifs is 1. The van der Waals surface area contributed by atoms with Gasteiger partial charge in [-0.3, -0.25) is 14.8 Å². The van der Waals surface area contributed by atoms with E-state index in [0.29, 0.717) is 6.04 Å². The largest absolute Gasteiger partial charge is 0.468 e. The number of ether oxygens (including phenoxy) is 1. The van der Waals surface area contributed by atoms with Crippen molar-refractivity contribution in [3.63, 3.8) is 0 Å². The predicted molar refractivity (Wildman–Crippen MR) is 118 cm³/mol. The summed E-state index contributed by atoms with van der Waals surface area (Å²) in [4.78, 5) is 9.45. The van der Waals surface area contributed by atoms with Crippen LogP contribution in [0.4, 0.5) is 0 Å². The molecule has 2 aliphatic rings. The number of halogens is 3. The molecule has 0 unspecified atom stereocenters. The molecule has 0 aromatic carbocycles. The summed E-state index contributed by atoms with van der Waals surface area (Å²) in [7, 11) is 2.14. The number of hydrogen-bond donors (Lipinski definition) is 0. The van der Waals surface area contributed by atoms with Gasteiger partial charge in [-0.15, -0.1) is 37.2 Å². The first-order valence-corrected chi connectivity index (χ1v) is 9.27. The summed E-state index contributed by atoms with van der Waals surface area (Å²) in [5.74, 6) is 1.01. The lowest BCUT2D eigenvalue weighted by atomic mass is 9.94. The minimum Gasteiger partial charge on any atom is -0.468 e. The van der Waals surface area contributed by atoms with E-state index >= 15 is 0 Å². The van der Waals surface area contributed by atoms with Crippen molar-refractivity contribution >= 4 is 37.2 Å². The standard InChI is InChI=1S/C20H27N3O2.3ClH/c1-22(15-19-3-2-8-25-19)13-16-11-21-12-17-14-23(7-4-20(16)17)18-5-9-24-10-6-18;;;/h2-3,8,11-12,18H,4-7,9-10,13-15H2,1H3;3*1H. The van der Waals surface area contributed by atoms with Crippen LogP contribution in [0.5, 0.6) is 0 Å². The molecule has 158 valence electrons. The van der Waals surface area contributed by atoms with Gasteiger partial charge >= 0.3 is 0 Å². The summed E-state index contributed by atoms with van der Waals surface area (Å²) in [6, 6.07) is 4.65. The fourth-order valence-electron chi connectivity index (χ4n) is 4.10. The zero-order chi connectivity index (χ0) is 17.1. The number of furan rings is 1. The van der Waals surface area contributed by atoms with E-state index in [4.69, 9.17) is 9.15 Å². The van der Waals surface area contributed by atoms with Crippen LogP contribution in [0.1, 0.15) is 35.3 Å². The van der Waals surface area contributed by atoms with Crippen molar-refractivity contribution in [1.82, 2.24) is 14.8 Å². The summed E-state index contributed by atoms with van der Waals surface area (Å²) in [5.41, 5.74) is 4.27. The Labute approximate surface area is 186 Å². The second kappa shape index (κ2) is 12.0. The maximum atomic E-state index is 5.51. The molecule has 2 aliphatic heterocycles. The highest BCUT2D eigenvalue weighted by Crippen LogP contribution is 2.26. The van der Waals surface area contributed by atoms with E-state index in [0.717, 1.165) is 64.4 Å². The number of pyridine rings is 1. The molecule has 2 aromatic heterocycles. The maximum Gasteiger partial charge on any atom is 0.117 e. The van der Waals surface area contributed by atoms with Gasteiger partial charge in [-0.05, 0) is 55.1 Å². The van der Waals surface area contributed by atoms with E-state index < -0.39 is 0 Å².